The summed E-state index contributed by atoms with van der Waals surface area (Å²) in [5, 5.41) is 24.0. The first kappa shape index (κ1) is 20.2. The fraction of sp³-hybridized carbons (Fsp3) is 0.261. The van der Waals surface area contributed by atoms with Crippen LogP contribution in [0.4, 0.5) is 5.69 Å². The lowest BCUT2D eigenvalue weighted by Crippen LogP contribution is -2.13. The van der Waals surface area contributed by atoms with Crippen molar-refractivity contribution in [1.82, 2.24) is 20.3 Å². The largest absolute Gasteiger partial charge is 0.393 e. The summed E-state index contributed by atoms with van der Waals surface area (Å²) in [5.74, 6) is 0. The van der Waals surface area contributed by atoms with Gasteiger partial charge in [0, 0.05) is 47.9 Å². The van der Waals surface area contributed by atoms with Crippen LogP contribution in [0.15, 0.2) is 48.7 Å². The van der Waals surface area contributed by atoms with Crippen molar-refractivity contribution in [1.29, 1.82) is 5.41 Å². The van der Waals surface area contributed by atoms with Gasteiger partial charge in [-0.1, -0.05) is 35.9 Å². The van der Waals surface area contributed by atoms with Crippen LogP contribution in [0.3, 0.4) is 0 Å². The van der Waals surface area contributed by atoms with Gasteiger partial charge in [-0.2, -0.15) is 0 Å². The van der Waals surface area contributed by atoms with Crippen LogP contribution in [-0.4, -0.2) is 28.3 Å². The minimum Gasteiger partial charge on any atom is -0.393 e. The van der Waals surface area contributed by atoms with Gasteiger partial charge >= 0.3 is 0 Å². The van der Waals surface area contributed by atoms with Gasteiger partial charge < -0.3 is 16.0 Å². The minimum atomic E-state index is 0.0918. The van der Waals surface area contributed by atoms with E-state index in [9.17, 15) is 0 Å². The van der Waals surface area contributed by atoms with Gasteiger partial charge in [0.1, 0.15) is 0 Å². The molecule has 7 heteroatoms. The summed E-state index contributed by atoms with van der Waals surface area (Å²) in [4.78, 5) is 0. The molecule has 1 aliphatic rings. The average molecular weight is 421 g/mol. The van der Waals surface area contributed by atoms with Crippen molar-refractivity contribution in [3.8, 4) is 11.3 Å². The van der Waals surface area contributed by atoms with Crippen molar-refractivity contribution < 1.29 is 0 Å². The molecule has 30 heavy (non-hydrogen) atoms. The van der Waals surface area contributed by atoms with Crippen LogP contribution < -0.4 is 10.6 Å². The Bertz CT molecular complexity index is 1080. The molecule has 0 saturated carbocycles. The highest BCUT2D eigenvalue weighted by Crippen LogP contribution is 2.38. The molecule has 0 spiro atoms. The van der Waals surface area contributed by atoms with Crippen LogP contribution >= 0.6 is 11.6 Å². The van der Waals surface area contributed by atoms with Crippen molar-refractivity contribution in [3.63, 3.8) is 0 Å². The lowest BCUT2D eigenvalue weighted by atomic mass is 9.92. The van der Waals surface area contributed by atoms with E-state index in [1.54, 1.807) is 0 Å². The van der Waals surface area contributed by atoms with E-state index in [2.05, 4.69) is 46.1 Å². The highest BCUT2D eigenvalue weighted by molar-refractivity contribution is 6.30. The SMILES string of the molecule is CCc1nnn2c1-c1ccc(/C(C=N)=C/NC)cc1C(Nc1ccc(Cl)cc1)CC2. The molecule has 2 aromatic carbocycles. The molecule has 1 unspecified atom stereocenters. The summed E-state index contributed by atoms with van der Waals surface area (Å²) in [5.41, 5.74) is 7.27. The Labute approximate surface area is 181 Å². The number of halogens is 1. The molecule has 3 N–H and O–H groups in total. The van der Waals surface area contributed by atoms with Crippen LogP contribution in [0.1, 0.15) is 36.2 Å². The zero-order valence-electron chi connectivity index (χ0n) is 17.1. The first-order valence-corrected chi connectivity index (χ1v) is 10.5. The Kier molecular flexibility index (Phi) is 5.86. The Balaban J connectivity index is 1.84. The van der Waals surface area contributed by atoms with Crippen LogP contribution in [-0.2, 0) is 13.0 Å². The Morgan fingerprint density at radius 1 is 1.27 bits per heavy atom. The molecule has 154 valence electrons. The molecule has 0 amide bonds. The number of benzene rings is 2. The van der Waals surface area contributed by atoms with Gasteiger partial charge in [-0.15, -0.1) is 5.10 Å². The lowest BCUT2D eigenvalue weighted by molar-refractivity contribution is 0.539. The second kappa shape index (κ2) is 8.71. The van der Waals surface area contributed by atoms with E-state index in [0.29, 0.717) is 0 Å². The molecule has 6 nitrogen and oxygen atoms in total. The molecule has 0 fully saturated rings. The number of nitrogens with zero attached hydrogens (tertiary/aromatic N) is 3. The van der Waals surface area contributed by atoms with Crippen molar-refractivity contribution >= 4 is 29.1 Å². The molecule has 2 heterocycles. The minimum absolute atomic E-state index is 0.0918. The molecule has 1 aliphatic heterocycles. The van der Waals surface area contributed by atoms with Gasteiger partial charge in [0.05, 0.1) is 17.4 Å². The monoisotopic (exact) mass is 420 g/mol. The smallest absolute Gasteiger partial charge is 0.0921 e. The first-order valence-electron chi connectivity index (χ1n) is 10.1. The number of anilines is 1. The van der Waals surface area contributed by atoms with Crippen LogP contribution in [0.2, 0.25) is 5.02 Å². The molecule has 0 saturated heterocycles. The van der Waals surface area contributed by atoms with E-state index in [0.717, 1.165) is 58.2 Å². The fourth-order valence-electron chi connectivity index (χ4n) is 3.95. The van der Waals surface area contributed by atoms with Gasteiger partial charge in [-0.3, -0.25) is 0 Å². The number of rotatable bonds is 6. The highest BCUT2D eigenvalue weighted by atomic mass is 35.5. The molecule has 0 bridgehead atoms. The number of hydrogen-bond acceptors (Lipinski definition) is 5. The van der Waals surface area contributed by atoms with E-state index < -0.39 is 0 Å². The zero-order chi connectivity index (χ0) is 21.1. The Morgan fingerprint density at radius 2 is 2.07 bits per heavy atom. The van der Waals surface area contributed by atoms with Gasteiger partial charge in [-0.25, -0.2) is 4.68 Å². The highest BCUT2D eigenvalue weighted by Gasteiger charge is 2.26. The molecule has 4 rings (SSSR count). The molecule has 1 aromatic heterocycles. The quantitative estimate of drug-likeness (QED) is 0.494. The summed E-state index contributed by atoms with van der Waals surface area (Å²) in [7, 11) is 1.84. The van der Waals surface area contributed by atoms with E-state index in [-0.39, 0.29) is 6.04 Å². The fourth-order valence-corrected chi connectivity index (χ4v) is 4.08. The number of fused-ring (bicyclic) bond motifs is 3. The van der Waals surface area contributed by atoms with E-state index in [1.807, 2.05) is 42.2 Å². The topological polar surface area (TPSA) is 78.6 Å². The Hall–Kier alpha value is -3.12. The van der Waals surface area contributed by atoms with E-state index >= 15 is 0 Å². The van der Waals surface area contributed by atoms with Gasteiger partial charge in [0.2, 0.25) is 0 Å². The van der Waals surface area contributed by atoms with Crippen molar-refractivity contribution in [2.75, 3.05) is 12.4 Å². The normalized spacial score (nSPS) is 15.7. The third-order valence-corrected chi connectivity index (χ3v) is 5.68. The molecule has 3 aromatic rings. The summed E-state index contributed by atoms with van der Waals surface area (Å²) in [6.45, 7) is 2.89. The summed E-state index contributed by atoms with van der Waals surface area (Å²) >= 11 is 6.06. The summed E-state index contributed by atoms with van der Waals surface area (Å²) in [6.07, 6.45) is 4.92. The van der Waals surface area contributed by atoms with Crippen LogP contribution in [0, 0.1) is 5.41 Å². The number of allylic oxidation sites excluding steroid dienone is 1. The number of hydrogen-bond donors (Lipinski definition) is 3. The maximum absolute atomic E-state index is 7.80. The van der Waals surface area contributed by atoms with E-state index in [1.165, 1.54) is 11.8 Å². The molecular weight excluding hydrogens is 396 g/mol. The third kappa shape index (κ3) is 3.83. The van der Waals surface area contributed by atoms with Crippen LogP contribution in [0.25, 0.3) is 16.8 Å². The summed E-state index contributed by atoms with van der Waals surface area (Å²) in [6, 6.07) is 14.3. The Morgan fingerprint density at radius 3 is 2.77 bits per heavy atom. The second-order valence-electron chi connectivity index (χ2n) is 7.29. The number of nitrogens with one attached hydrogen (secondary N) is 3. The summed E-state index contributed by atoms with van der Waals surface area (Å²) < 4.78 is 2.02. The third-order valence-electron chi connectivity index (χ3n) is 5.43. The predicted molar refractivity (Wildman–Crippen MR) is 123 cm³/mol. The van der Waals surface area contributed by atoms with Gasteiger partial charge in [0.25, 0.3) is 0 Å². The second-order valence-corrected chi connectivity index (χ2v) is 7.73. The standard InChI is InChI=1S/C23H25ClN6/c1-3-21-23-19-9-4-15(16(13-25)14-26-2)12-20(19)22(10-11-30(23)29-28-21)27-18-7-5-17(24)6-8-18/h4-9,12-14,22,25-27H,3,10-11H2,1-2H3/b16-14+,25-13?. The predicted octanol–water partition coefficient (Wildman–Crippen LogP) is 4.93. The molecule has 1 atom stereocenters. The molecule has 0 aliphatic carbocycles. The average Bonchev–Trinajstić information content (AvgIpc) is 3.12. The van der Waals surface area contributed by atoms with Gasteiger partial charge in [0.15, 0.2) is 0 Å². The number of aryl methyl sites for hydroxylation is 2. The molecular formula is C23H25ClN6. The zero-order valence-corrected chi connectivity index (χ0v) is 17.9. The number of aromatic nitrogens is 3. The van der Waals surface area contributed by atoms with Crippen LogP contribution in [0.5, 0.6) is 0 Å². The molecule has 0 radical (unpaired) electrons. The first-order chi connectivity index (χ1) is 14.6. The van der Waals surface area contributed by atoms with Crippen molar-refractivity contribution in [2.45, 2.75) is 32.4 Å². The van der Waals surface area contributed by atoms with Gasteiger partial charge in [-0.05, 0) is 54.3 Å². The van der Waals surface area contributed by atoms with Crippen molar-refractivity contribution in [3.05, 3.63) is 70.5 Å². The lowest BCUT2D eigenvalue weighted by Gasteiger charge is -2.21. The maximum Gasteiger partial charge on any atom is 0.0921 e. The maximum atomic E-state index is 7.80. The van der Waals surface area contributed by atoms with Crippen molar-refractivity contribution in [2.24, 2.45) is 0 Å². The van der Waals surface area contributed by atoms with E-state index in [4.69, 9.17) is 17.0 Å².